The Morgan fingerprint density at radius 3 is 2.43 bits per heavy atom. The average molecular weight is 399 g/mol. The summed E-state index contributed by atoms with van der Waals surface area (Å²) in [5.74, 6) is 8.55. The molecule has 3 heterocycles. The number of H-pyrrole nitrogens is 2. The molecule has 1 aliphatic heterocycles. The molecule has 0 saturated carbocycles. The van der Waals surface area contributed by atoms with Gasteiger partial charge in [-0.05, 0) is 68.8 Å². The molecule has 6 nitrogen and oxygen atoms in total. The molecule has 1 aliphatic rings. The van der Waals surface area contributed by atoms with Gasteiger partial charge in [-0.25, -0.2) is 9.97 Å². The summed E-state index contributed by atoms with van der Waals surface area (Å²) < 4.78 is 0. The maximum atomic E-state index is 4.73. The van der Waals surface area contributed by atoms with E-state index < -0.39 is 0 Å². The summed E-state index contributed by atoms with van der Waals surface area (Å²) in [4.78, 5) is 16.2. The normalized spacial score (nSPS) is 16.2. The molecule has 2 aromatic carbocycles. The van der Waals surface area contributed by atoms with Crippen molar-refractivity contribution in [1.82, 2.24) is 30.6 Å². The van der Waals surface area contributed by atoms with Crippen LogP contribution in [0, 0.1) is 11.8 Å². The minimum absolute atomic E-state index is 0.343. The van der Waals surface area contributed by atoms with Gasteiger partial charge >= 0.3 is 0 Å². The molecule has 1 fully saturated rings. The Morgan fingerprint density at radius 2 is 1.73 bits per heavy atom. The highest BCUT2D eigenvalue weighted by molar-refractivity contribution is 5.78. The van der Waals surface area contributed by atoms with Gasteiger partial charge in [0, 0.05) is 11.1 Å². The van der Waals surface area contributed by atoms with E-state index in [0.29, 0.717) is 6.04 Å². The largest absolute Gasteiger partial charge is 0.341 e. The molecule has 0 unspecified atom stereocenters. The van der Waals surface area contributed by atoms with Gasteiger partial charge in [0.05, 0.1) is 34.7 Å². The van der Waals surface area contributed by atoms with Gasteiger partial charge in [-0.2, -0.15) is 0 Å². The lowest BCUT2D eigenvalue weighted by Gasteiger charge is -2.04. The second-order valence-corrected chi connectivity index (χ2v) is 7.85. The van der Waals surface area contributed by atoms with Gasteiger partial charge in [-0.15, -0.1) is 0 Å². The number of aromatic nitrogens is 4. The van der Waals surface area contributed by atoms with E-state index in [1.807, 2.05) is 24.3 Å². The molecule has 2 aromatic heterocycles. The van der Waals surface area contributed by atoms with E-state index in [4.69, 9.17) is 4.98 Å². The van der Waals surface area contributed by atoms with Crippen LogP contribution in [0.3, 0.4) is 0 Å². The highest BCUT2D eigenvalue weighted by Gasteiger charge is 2.19. The SMILES string of the molecule is CCCNCc1nc2ccc(C#Cc3ccc4nc([C@@H]5CCCN5)[nH]c4c3)cc2[nH]1. The van der Waals surface area contributed by atoms with Gasteiger partial charge in [0.2, 0.25) is 0 Å². The number of rotatable bonds is 5. The zero-order valence-corrected chi connectivity index (χ0v) is 17.2. The highest BCUT2D eigenvalue weighted by atomic mass is 15.0. The molecule has 0 aliphatic carbocycles. The standard InChI is InChI=1S/C24H26N6/c1-2-11-25-15-23-27-18-9-7-16(13-21(18)28-23)5-6-17-8-10-19-22(14-17)30-24(29-19)20-4-3-12-26-20/h7-10,13-14,20,25-26H,2-4,11-12,15H2,1H3,(H,27,28)(H,29,30)/t20-/m0/s1. The van der Waals surface area contributed by atoms with Gasteiger partial charge in [0.1, 0.15) is 11.6 Å². The number of imidazole rings is 2. The number of nitrogens with one attached hydrogen (secondary N) is 4. The Hall–Kier alpha value is -3.14. The van der Waals surface area contributed by atoms with Gasteiger partial charge in [0.15, 0.2) is 0 Å². The molecule has 0 bridgehead atoms. The Kier molecular flexibility index (Phi) is 5.22. The van der Waals surface area contributed by atoms with Crippen molar-refractivity contribution in [2.45, 2.75) is 38.8 Å². The third-order valence-corrected chi connectivity index (χ3v) is 5.49. The number of benzene rings is 2. The predicted octanol–water partition coefficient (Wildman–Crippen LogP) is 3.76. The number of aromatic amines is 2. The topological polar surface area (TPSA) is 81.4 Å². The number of hydrogen-bond acceptors (Lipinski definition) is 4. The van der Waals surface area contributed by atoms with Crippen LogP contribution in [0.5, 0.6) is 0 Å². The van der Waals surface area contributed by atoms with E-state index in [1.54, 1.807) is 0 Å². The van der Waals surface area contributed by atoms with Crippen molar-refractivity contribution in [2.75, 3.05) is 13.1 Å². The van der Waals surface area contributed by atoms with Crippen LogP contribution in [0.1, 0.15) is 55.0 Å². The lowest BCUT2D eigenvalue weighted by molar-refractivity contribution is 0.614. The van der Waals surface area contributed by atoms with Crippen molar-refractivity contribution in [2.24, 2.45) is 0 Å². The first-order valence-corrected chi connectivity index (χ1v) is 10.7. The van der Waals surface area contributed by atoms with Crippen molar-refractivity contribution in [3.8, 4) is 11.8 Å². The Bertz CT molecular complexity index is 1230. The maximum absolute atomic E-state index is 4.73. The summed E-state index contributed by atoms with van der Waals surface area (Å²) in [6, 6.07) is 12.6. The third kappa shape index (κ3) is 3.95. The average Bonchev–Trinajstić information content (AvgIpc) is 3.50. The molecule has 0 radical (unpaired) electrons. The van der Waals surface area contributed by atoms with Crippen LogP contribution in [-0.4, -0.2) is 33.0 Å². The first-order chi connectivity index (χ1) is 14.8. The molecule has 152 valence electrons. The molecule has 4 N–H and O–H groups in total. The summed E-state index contributed by atoms with van der Waals surface area (Å²) >= 11 is 0. The van der Waals surface area contributed by atoms with Crippen molar-refractivity contribution < 1.29 is 0 Å². The third-order valence-electron chi connectivity index (χ3n) is 5.49. The lowest BCUT2D eigenvalue weighted by Crippen LogP contribution is -2.14. The monoisotopic (exact) mass is 398 g/mol. The van der Waals surface area contributed by atoms with Crippen LogP contribution >= 0.6 is 0 Å². The van der Waals surface area contributed by atoms with Gasteiger partial charge in [0.25, 0.3) is 0 Å². The second kappa shape index (κ2) is 8.31. The Labute approximate surface area is 175 Å². The molecule has 0 amide bonds. The number of hydrogen-bond donors (Lipinski definition) is 4. The smallest absolute Gasteiger partial charge is 0.124 e. The predicted molar refractivity (Wildman–Crippen MR) is 120 cm³/mol. The van der Waals surface area contributed by atoms with E-state index in [9.17, 15) is 0 Å². The first kappa shape index (κ1) is 18.9. The van der Waals surface area contributed by atoms with Crippen LogP contribution in [0.15, 0.2) is 36.4 Å². The lowest BCUT2D eigenvalue weighted by atomic mass is 10.1. The fraction of sp³-hybridized carbons (Fsp3) is 0.333. The van der Waals surface area contributed by atoms with Gasteiger partial charge in [-0.1, -0.05) is 18.8 Å². The minimum atomic E-state index is 0.343. The summed E-state index contributed by atoms with van der Waals surface area (Å²) in [6.45, 7) is 4.97. The van der Waals surface area contributed by atoms with E-state index in [2.05, 4.69) is 56.5 Å². The highest BCUT2D eigenvalue weighted by Crippen LogP contribution is 2.23. The molecule has 1 saturated heterocycles. The van der Waals surface area contributed by atoms with Crippen LogP contribution in [-0.2, 0) is 6.54 Å². The zero-order chi connectivity index (χ0) is 20.3. The fourth-order valence-corrected chi connectivity index (χ4v) is 3.94. The number of fused-ring (bicyclic) bond motifs is 2. The molecule has 0 spiro atoms. The second-order valence-electron chi connectivity index (χ2n) is 7.85. The molecule has 5 rings (SSSR count). The van der Waals surface area contributed by atoms with E-state index in [0.717, 1.165) is 77.3 Å². The Morgan fingerprint density at radius 1 is 1.00 bits per heavy atom. The maximum Gasteiger partial charge on any atom is 0.124 e. The number of nitrogens with zero attached hydrogens (tertiary/aromatic N) is 2. The van der Waals surface area contributed by atoms with Gasteiger partial charge < -0.3 is 20.6 Å². The minimum Gasteiger partial charge on any atom is -0.341 e. The molecule has 30 heavy (non-hydrogen) atoms. The van der Waals surface area contributed by atoms with Crippen molar-refractivity contribution >= 4 is 22.1 Å². The molecular formula is C24H26N6. The van der Waals surface area contributed by atoms with E-state index in [1.165, 1.54) is 6.42 Å². The van der Waals surface area contributed by atoms with Crippen LogP contribution in [0.25, 0.3) is 22.1 Å². The summed E-state index contributed by atoms with van der Waals surface area (Å²) in [5, 5.41) is 6.87. The van der Waals surface area contributed by atoms with Crippen LogP contribution < -0.4 is 10.6 Å². The van der Waals surface area contributed by atoms with Crippen LogP contribution in [0.4, 0.5) is 0 Å². The zero-order valence-electron chi connectivity index (χ0n) is 17.2. The molecule has 1 atom stereocenters. The Balaban J connectivity index is 1.35. The molecule has 6 heteroatoms. The van der Waals surface area contributed by atoms with E-state index in [-0.39, 0.29) is 0 Å². The van der Waals surface area contributed by atoms with Crippen LogP contribution in [0.2, 0.25) is 0 Å². The molecular weight excluding hydrogens is 372 g/mol. The van der Waals surface area contributed by atoms with Crippen molar-refractivity contribution in [3.05, 3.63) is 59.2 Å². The fourth-order valence-electron chi connectivity index (χ4n) is 3.94. The summed E-state index contributed by atoms with van der Waals surface area (Å²) in [7, 11) is 0. The molecule has 4 aromatic rings. The van der Waals surface area contributed by atoms with Crippen molar-refractivity contribution in [3.63, 3.8) is 0 Å². The van der Waals surface area contributed by atoms with E-state index >= 15 is 0 Å². The van der Waals surface area contributed by atoms with Gasteiger partial charge in [-0.3, -0.25) is 0 Å². The summed E-state index contributed by atoms with van der Waals surface area (Å²) in [6.07, 6.45) is 3.46. The first-order valence-electron chi connectivity index (χ1n) is 10.7. The van der Waals surface area contributed by atoms with Crippen molar-refractivity contribution in [1.29, 1.82) is 0 Å². The quantitative estimate of drug-likeness (QED) is 0.305. The summed E-state index contributed by atoms with van der Waals surface area (Å²) in [5.41, 5.74) is 5.98.